The van der Waals surface area contributed by atoms with Crippen LogP contribution < -0.4 is 10.2 Å². The molecule has 0 saturated carbocycles. The molecule has 2 rings (SSSR count). The Labute approximate surface area is 155 Å². The molecule has 138 valence electrons. The molecule has 2 amide bonds. The number of rotatable bonds is 6. The predicted molar refractivity (Wildman–Crippen MR) is 103 cm³/mol. The molecule has 0 aromatic heterocycles. The van der Waals surface area contributed by atoms with E-state index in [1.807, 2.05) is 75.4 Å². The van der Waals surface area contributed by atoms with Crippen LogP contribution in [-0.2, 0) is 16.1 Å². The number of ether oxygens (including phenoxy) is 1. The minimum atomic E-state index is -0.662. The van der Waals surface area contributed by atoms with Crippen LogP contribution in [0.3, 0.4) is 0 Å². The van der Waals surface area contributed by atoms with Crippen molar-refractivity contribution >= 4 is 17.7 Å². The lowest BCUT2D eigenvalue weighted by Gasteiger charge is -2.27. The number of hydrogen-bond donors (Lipinski definition) is 1. The van der Waals surface area contributed by atoms with Gasteiger partial charge >= 0.3 is 6.09 Å². The number of hydrogen-bond acceptors (Lipinski definition) is 3. The van der Waals surface area contributed by atoms with E-state index in [1.165, 1.54) is 0 Å². The maximum absolute atomic E-state index is 12.8. The summed E-state index contributed by atoms with van der Waals surface area (Å²) in [5, 5.41) is 2.70. The summed E-state index contributed by atoms with van der Waals surface area (Å²) in [6.45, 7) is 5.94. The fraction of sp³-hybridized carbons (Fsp3) is 0.333. The predicted octanol–water partition coefficient (Wildman–Crippen LogP) is 3.91. The number of aryl methyl sites for hydroxylation is 1. The molecule has 5 heteroatoms. The normalized spacial score (nSPS) is 11.7. The fourth-order valence-corrected chi connectivity index (χ4v) is 2.51. The van der Waals surface area contributed by atoms with Gasteiger partial charge in [0.2, 0.25) is 5.91 Å². The van der Waals surface area contributed by atoms with Crippen LogP contribution in [-0.4, -0.2) is 25.1 Å². The molecule has 0 aliphatic rings. The third-order valence-corrected chi connectivity index (χ3v) is 4.17. The first-order valence-corrected chi connectivity index (χ1v) is 8.70. The van der Waals surface area contributed by atoms with Gasteiger partial charge in [0.15, 0.2) is 0 Å². The molecule has 1 atom stereocenters. The fourth-order valence-electron chi connectivity index (χ4n) is 2.51. The standard InChI is InChI=1S/C21H26N2O3/c1-15(2)19(20(24)23(4)18-12-10-16(3)11-13-18)22-21(25)26-14-17-8-6-5-7-9-17/h5-13,15,19H,14H2,1-4H3,(H,22,25)/t19-/m0/s1. The van der Waals surface area contributed by atoms with Crippen molar-refractivity contribution in [3.05, 3.63) is 65.7 Å². The Morgan fingerprint density at radius 1 is 1.04 bits per heavy atom. The molecule has 2 aromatic rings. The Bertz CT molecular complexity index is 727. The first-order valence-electron chi connectivity index (χ1n) is 8.70. The number of likely N-dealkylation sites (N-methyl/N-ethyl adjacent to an activating group) is 1. The summed E-state index contributed by atoms with van der Waals surface area (Å²) in [6, 6.07) is 16.4. The highest BCUT2D eigenvalue weighted by Gasteiger charge is 2.28. The molecule has 0 unspecified atom stereocenters. The van der Waals surface area contributed by atoms with E-state index in [2.05, 4.69) is 5.32 Å². The van der Waals surface area contributed by atoms with Crippen LogP contribution in [0, 0.1) is 12.8 Å². The second kappa shape index (κ2) is 9.04. The molecule has 0 aliphatic carbocycles. The maximum Gasteiger partial charge on any atom is 0.408 e. The largest absolute Gasteiger partial charge is 0.445 e. The van der Waals surface area contributed by atoms with Gasteiger partial charge in [0.25, 0.3) is 0 Å². The Hall–Kier alpha value is -2.82. The van der Waals surface area contributed by atoms with E-state index in [9.17, 15) is 9.59 Å². The van der Waals surface area contributed by atoms with Gasteiger partial charge in [-0.3, -0.25) is 4.79 Å². The van der Waals surface area contributed by atoms with Crippen molar-refractivity contribution in [3.8, 4) is 0 Å². The molecule has 0 heterocycles. The molecule has 1 N–H and O–H groups in total. The van der Waals surface area contributed by atoms with Crippen LogP contribution in [0.4, 0.5) is 10.5 Å². The van der Waals surface area contributed by atoms with Gasteiger partial charge < -0.3 is 15.0 Å². The zero-order valence-electron chi connectivity index (χ0n) is 15.7. The minimum Gasteiger partial charge on any atom is -0.445 e. The third kappa shape index (κ3) is 5.34. The minimum absolute atomic E-state index is 0.0697. The van der Waals surface area contributed by atoms with E-state index in [1.54, 1.807) is 11.9 Å². The summed E-state index contributed by atoms with van der Waals surface area (Å²) >= 11 is 0. The lowest BCUT2D eigenvalue weighted by atomic mass is 10.0. The molecule has 0 bridgehead atoms. The second-order valence-electron chi connectivity index (χ2n) is 6.66. The van der Waals surface area contributed by atoms with Crippen molar-refractivity contribution < 1.29 is 14.3 Å². The molecular formula is C21H26N2O3. The molecule has 2 aromatic carbocycles. The average molecular weight is 354 g/mol. The second-order valence-corrected chi connectivity index (χ2v) is 6.66. The van der Waals surface area contributed by atoms with Crippen molar-refractivity contribution in [3.63, 3.8) is 0 Å². The first kappa shape index (κ1) is 19.5. The number of nitrogens with one attached hydrogen (secondary N) is 1. The molecule has 0 spiro atoms. The SMILES string of the molecule is Cc1ccc(N(C)C(=O)[C@@H](NC(=O)OCc2ccccc2)C(C)C)cc1. The number of anilines is 1. The number of carbonyl (C=O) groups is 2. The van der Waals surface area contributed by atoms with Crippen molar-refractivity contribution in [1.82, 2.24) is 5.32 Å². The highest BCUT2D eigenvalue weighted by Crippen LogP contribution is 2.16. The number of amides is 2. The van der Waals surface area contributed by atoms with Crippen LogP contribution in [0.5, 0.6) is 0 Å². The smallest absolute Gasteiger partial charge is 0.408 e. The van der Waals surface area contributed by atoms with Gasteiger partial charge in [-0.25, -0.2) is 4.79 Å². The van der Waals surface area contributed by atoms with Crippen LogP contribution in [0.15, 0.2) is 54.6 Å². The highest BCUT2D eigenvalue weighted by atomic mass is 16.5. The highest BCUT2D eigenvalue weighted by molar-refractivity contribution is 5.98. The number of carbonyl (C=O) groups excluding carboxylic acids is 2. The topological polar surface area (TPSA) is 58.6 Å². The Morgan fingerprint density at radius 3 is 2.23 bits per heavy atom. The maximum atomic E-state index is 12.8. The number of benzene rings is 2. The molecule has 0 radical (unpaired) electrons. The lowest BCUT2D eigenvalue weighted by Crippen LogP contribution is -2.50. The monoisotopic (exact) mass is 354 g/mol. The van der Waals surface area contributed by atoms with Crippen molar-refractivity contribution in [1.29, 1.82) is 0 Å². The Balaban J connectivity index is 1.99. The van der Waals surface area contributed by atoms with Gasteiger partial charge in [-0.1, -0.05) is 61.9 Å². The summed E-state index contributed by atoms with van der Waals surface area (Å²) in [7, 11) is 1.71. The van der Waals surface area contributed by atoms with Gasteiger partial charge in [0.1, 0.15) is 12.6 Å². The Morgan fingerprint density at radius 2 is 1.65 bits per heavy atom. The van der Waals surface area contributed by atoms with E-state index in [0.29, 0.717) is 0 Å². The van der Waals surface area contributed by atoms with Gasteiger partial charge in [0, 0.05) is 12.7 Å². The van der Waals surface area contributed by atoms with Gasteiger partial charge in [-0.05, 0) is 30.5 Å². The zero-order chi connectivity index (χ0) is 19.1. The van der Waals surface area contributed by atoms with Crippen LogP contribution in [0.1, 0.15) is 25.0 Å². The van der Waals surface area contributed by atoms with E-state index in [0.717, 1.165) is 16.8 Å². The number of nitrogens with zero attached hydrogens (tertiary/aromatic N) is 1. The zero-order valence-corrected chi connectivity index (χ0v) is 15.7. The van der Waals surface area contributed by atoms with Crippen LogP contribution >= 0.6 is 0 Å². The van der Waals surface area contributed by atoms with Crippen molar-refractivity contribution in [2.45, 2.75) is 33.4 Å². The van der Waals surface area contributed by atoms with Crippen molar-refractivity contribution in [2.24, 2.45) is 5.92 Å². The first-order chi connectivity index (χ1) is 12.4. The van der Waals surface area contributed by atoms with Crippen LogP contribution in [0.2, 0.25) is 0 Å². The van der Waals surface area contributed by atoms with Gasteiger partial charge in [-0.2, -0.15) is 0 Å². The van der Waals surface area contributed by atoms with E-state index in [4.69, 9.17) is 4.74 Å². The summed E-state index contributed by atoms with van der Waals surface area (Å²) in [5.74, 6) is -0.250. The summed E-state index contributed by atoms with van der Waals surface area (Å²) < 4.78 is 5.24. The Kier molecular flexibility index (Phi) is 6.78. The third-order valence-electron chi connectivity index (χ3n) is 4.17. The summed E-state index contributed by atoms with van der Waals surface area (Å²) in [4.78, 5) is 26.5. The average Bonchev–Trinajstić information content (AvgIpc) is 2.64. The summed E-state index contributed by atoms with van der Waals surface area (Å²) in [6.07, 6.45) is -0.599. The quantitative estimate of drug-likeness (QED) is 0.856. The summed E-state index contributed by atoms with van der Waals surface area (Å²) in [5.41, 5.74) is 2.80. The molecule has 0 fully saturated rings. The van der Waals surface area contributed by atoms with Gasteiger partial charge in [-0.15, -0.1) is 0 Å². The molecule has 0 saturated heterocycles. The van der Waals surface area contributed by atoms with Crippen molar-refractivity contribution in [2.75, 3.05) is 11.9 Å². The molecule has 0 aliphatic heterocycles. The van der Waals surface area contributed by atoms with E-state index < -0.39 is 12.1 Å². The van der Waals surface area contributed by atoms with Gasteiger partial charge in [0.05, 0.1) is 0 Å². The molecular weight excluding hydrogens is 328 g/mol. The lowest BCUT2D eigenvalue weighted by molar-refractivity contribution is -0.121. The van der Waals surface area contributed by atoms with E-state index in [-0.39, 0.29) is 18.4 Å². The van der Waals surface area contributed by atoms with Crippen LogP contribution in [0.25, 0.3) is 0 Å². The number of alkyl carbamates (subject to hydrolysis) is 1. The molecule has 5 nitrogen and oxygen atoms in total. The van der Waals surface area contributed by atoms with E-state index >= 15 is 0 Å². The molecule has 26 heavy (non-hydrogen) atoms.